The smallest absolute Gasteiger partial charge is 0.0711 e. The van der Waals surface area contributed by atoms with Gasteiger partial charge in [0, 0.05) is 43.6 Å². The molecule has 0 unspecified atom stereocenters. The van der Waals surface area contributed by atoms with Crippen molar-refractivity contribution in [2.45, 2.75) is 32.4 Å². The molecule has 1 N–H and O–H groups in total. The molecule has 0 aromatic carbocycles. The third kappa shape index (κ3) is 3.70. The van der Waals surface area contributed by atoms with Crippen LogP contribution < -0.4 is 0 Å². The Hall–Kier alpha value is -1.78. The van der Waals surface area contributed by atoms with Gasteiger partial charge in [-0.05, 0) is 36.6 Å². The van der Waals surface area contributed by atoms with E-state index in [9.17, 15) is 5.11 Å². The summed E-state index contributed by atoms with van der Waals surface area (Å²) in [6.07, 6.45) is 5.33. The molecule has 4 heteroatoms. The highest BCUT2D eigenvalue weighted by Gasteiger charge is 2.31. The van der Waals surface area contributed by atoms with E-state index in [1.165, 1.54) is 5.56 Å². The van der Waals surface area contributed by atoms with E-state index < -0.39 is 0 Å². The van der Waals surface area contributed by atoms with E-state index in [1.54, 1.807) is 0 Å². The van der Waals surface area contributed by atoms with E-state index in [1.807, 2.05) is 30.6 Å². The number of aryl methyl sites for hydroxylation is 1. The largest absolute Gasteiger partial charge is 0.391 e. The summed E-state index contributed by atoms with van der Waals surface area (Å²) in [4.78, 5) is 11.2. The third-order valence-corrected chi connectivity index (χ3v) is 4.36. The molecule has 1 saturated heterocycles. The molecule has 1 aliphatic heterocycles. The van der Waals surface area contributed by atoms with Crippen LogP contribution in [0.15, 0.2) is 42.7 Å². The maximum absolute atomic E-state index is 10.3. The summed E-state index contributed by atoms with van der Waals surface area (Å²) in [6, 6.07) is 10.2. The van der Waals surface area contributed by atoms with Gasteiger partial charge in [-0.3, -0.25) is 14.9 Å². The monoisotopic (exact) mass is 297 g/mol. The zero-order chi connectivity index (χ0) is 15.4. The molecule has 4 nitrogen and oxygen atoms in total. The molecule has 2 aromatic heterocycles. The summed E-state index contributed by atoms with van der Waals surface area (Å²) in [6.45, 7) is 4.55. The summed E-state index contributed by atoms with van der Waals surface area (Å²) in [5, 5.41) is 10.3. The van der Waals surface area contributed by atoms with E-state index in [4.69, 9.17) is 0 Å². The van der Waals surface area contributed by atoms with Crippen LogP contribution in [0.1, 0.15) is 23.9 Å². The number of nitrogens with zero attached hydrogens (tertiary/aromatic N) is 3. The van der Waals surface area contributed by atoms with Crippen LogP contribution in [0.3, 0.4) is 0 Å². The maximum atomic E-state index is 10.3. The van der Waals surface area contributed by atoms with Crippen molar-refractivity contribution in [1.29, 1.82) is 0 Å². The third-order valence-electron chi connectivity index (χ3n) is 4.36. The lowest BCUT2D eigenvalue weighted by molar-refractivity contribution is 0.140. The van der Waals surface area contributed by atoms with Crippen LogP contribution >= 0.6 is 0 Å². The molecule has 1 aliphatic rings. The molecule has 2 aromatic rings. The van der Waals surface area contributed by atoms with Crippen LogP contribution in [-0.2, 0) is 19.4 Å². The number of pyridine rings is 2. The van der Waals surface area contributed by atoms with Crippen LogP contribution in [-0.4, -0.2) is 39.2 Å². The molecule has 0 aliphatic carbocycles. The van der Waals surface area contributed by atoms with E-state index >= 15 is 0 Å². The van der Waals surface area contributed by atoms with Crippen molar-refractivity contribution >= 4 is 0 Å². The summed E-state index contributed by atoms with van der Waals surface area (Å²) in [7, 11) is 0. The molecular weight excluding hydrogens is 274 g/mol. The van der Waals surface area contributed by atoms with Crippen LogP contribution in [0.4, 0.5) is 0 Å². The van der Waals surface area contributed by atoms with E-state index in [2.05, 4.69) is 33.9 Å². The van der Waals surface area contributed by atoms with Crippen molar-refractivity contribution in [2.75, 3.05) is 13.1 Å². The molecule has 0 amide bonds. The number of aromatic nitrogens is 2. The number of aliphatic hydroxyl groups is 1. The van der Waals surface area contributed by atoms with E-state index in [0.29, 0.717) is 6.54 Å². The predicted octanol–water partition coefficient (Wildman–Crippen LogP) is 2.07. The fourth-order valence-electron chi connectivity index (χ4n) is 3.05. The maximum Gasteiger partial charge on any atom is 0.0711 e. The molecule has 2 atom stereocenters. The van der Waals surface area contributed by atoms with Crippen LogP contribution in [0, 0.1) is 5.92 Å². The average Bonchev–Trinajstić information content (AvgIpc) is 2.88. The number of aliphatic hydroxyl groups excluding tert-OH is 1. The van der Waals surface area contributed by atoms with Gasteiger partial charge >= 0.3 is 0 Å². The molecule has 1 fully saturated rings. The number of hydrogen-bond donors (Lipinski definition) is 1. The minimum atomic E-state index is -0.281. The van der Waals surface area contributed by atoms with Gasteiger partial charge < -0.3 is 5.11 Å². The summed E-state index contributed by atoms with van der Waals surface area (Å²) in [5.41, 5.74) is 3.39. The van der Waals surface area contributed by atoms with Crippen LogP contribution in [0.2, 0.25) is 0 Å². The van der Waals surface area contributed by atoms with Crippen LogP contribution in [0.5, 0.6) is 0 Å². The Morgan fingerprint density at radius 3 is 2.73 bits per heavy atom. The van der Waals surface area contributed by atoms with Crippen molar-refractivity contribution in [3.8, 4) is 0 Å². The fraction of sp³-hybridized carbons (Fsp3) is 0.444. The average molecular weight is 297 g/mol. The molecule has 3 rings (SSSR count). The van der Waals surface area contributed by atoms with Gasteiger partial charge in [0.25, 0.3) is 0 Å². The first-order valence-corrected chi connectivity index (χ1v) is 7.98. The van der Waals surface area contributed by atoms with Crippen molar-refractivity contribution in [2.24, 2.45) is 5.92 Å². The lowest BCUT2D eigenvalue weighted by atomic mass is 10.00. The molecule has 22 heavy (non-hydrogen) atoms. The molecule has 116 valence electrons. The number of rotatable bonds is 5. The highest BCUT2D eigenvalue weighted by atomic mass is 16.3. The van der Waals surface area contributed by atoms with Crippen molar-refractivity contribution in [1.82, 2.24) is 14.9 Å². The van der Waals surface area contributed by atoms with E-state index in [0.717, 1.165) is 37.3 Å². The second-order valence-corrected chi connectivity index (χ2v) is 6.06. The summed E-state index contributed by atoms with van der Waals surface area (Å²) < 4.78 is 0. The molecule has 0 radical (unpaired) electrons. The first-order valence-electron chi connectivity index (χ1n) is 7.98. The predicted molar refractivity (Wildman–Crippen MR) is 86.3 cm³/mol. The number of likely N-dealkylation sites (tertiary alicyclic amines) is 1. The van der Waals surface area contributed by atoms with Gasteiger partial charge in [0.2, 0.25) is 0 Å². The Morgan fingerprint density at radius 1 is 1.14 bits per heavy atom. The van der Waals surface area contributed by atoms with Gasteiger partial charge in [0.1, 0.15) is 0 Å². The summed E-state index contributed by atoms with van der Waals surface area (Å²) in [5.74, 6) is 0.254. The SMILES string of the molecule is CCc1ccc(CN2C[C@@H](Cc3ccccn3)[C@H](O)C2)nc1. The lowest BCUT2D eigenvalue weighted by Crippen LogP contribution is -2.22. The van der Waals surface area contributed by atoms with Crippen LogP contribution in [0.25, 0.3) is 0 Å². The summed E-state index contributed by atoms with van der Waals surface area (Å²) >= 11 is 0. The van der Waals surface area contributed by atoms with Crippen molar-refractivity contribution in [3.05, 3.63) is 59.7 Å². The Balaban J connectivity index is 1.58. The second-order valence-electron chi connectivity index (χ2n) is 6.06. The fourth-order valence-corrected chi connectivity index (χ4v) is 3.05. The van der Waals surface area contributed by atoms with Gasteiger partial charge in [0.15, 0.2) is 0 Å². The Morgan fingerprint density at radius 2 is 2.05 bits per heavy atom. The molecule has 0 bridgehead atoms. The minimum Gasteiger partial charge on any atom is -0.391 e. The molecule has 0 saturated carbocycles. The van der Waals surface area contributed by atoms with Gasteiger partial charge in [-0.1, -0.05) is 19.1 Å². The number of hydrogen-bond acceptors (Lipinski definition) is 4. The van der Waals surface area contributed by atoms with Gasteiger partial charge in [-0.25, -0.2) is 0 Å². The van der Waals surface area contributed by atoms with Gasteiger partial charge in [-0.15, -0.1) is 0 Å². The standard InChI is InChI=1S/C18H23N3O/c1-2-14-6-7-17(20-10-14)12-21-11-15(18(22)13-21)9-16-5-3-4-8-19-16/h3-8,10,15,18,22H,2,9,11-13H2,1H3/t15-,18-/m1/s1. The molecule has 0 spiro atoms. The first-order chi connectivity index (χ1) is 10.7. The van der Waals surface area contributed by atoms with Gasteiger partial charge in [0.05, 0.1) is 11.8 Å². The molecular formula is C18H23N3O. The number of β-amino-alcohol motifs (C(OH)–C–C–N with tert-alkyl or cyclic N) is 1. The normalized spacial score (nSPS) is 22.1. The van der Waals surface area contributed by atoms with Crippen molar-refractivity contribution in [3.63, 3.8) is 0 Å². The zero-order valence-electron chi connectivity index (χ0n) is 13.0. The van der Waals surface area contributed by atoms with E-state index in [-0.39, 0.29) is 12.0 Å². The van der Waals surface area contributed by atoms with Gasteiger partial charge in [-0.2, -0.15) is 0 Å². The highest BCUT2D eigenvalue weighted by Crippen LogP contribution is 2.22. The van der Waals surface area contributed by atoms with Crippen molar-refractivity contribution < 1.29 is 5.11 Å². The Bertz CT molecular complexity index is 585. The first kappa shape index (κ1) is 15.1. The highest BCUT2D eigenvalue weighted by molar-refractivity contribution is 5.14. The zero-order valence-corrected chi connectivity index (χ0v) is 13.0. The topological polar surface area (TPSA) is 49.2 Å². The Labute approximate surface area is 131 Å². The second kappa shape index (κ2) is 6.99. The minimum absolute atomic E-state index is 0.254. The quantitative estimate of drug-likeness (QED) is 0.918. The molecule has 3 heterocycles. The Kier molecular flexibility index (Phi) is 4.80. The lowest BCUT2D eigenvalue weighted by Gasteiger charge is -2.15.